The first kappa shape index (κ1) is 16.7. The fourth-order valence-electron chi connectivity index (χ4n) is 1.65. The minimum atomic E-state index is -0.678. The lowest BCUT2D eigenvalue weighted by molar-refractivity contribution is -0.137. The third-order valence-corrected chi connectivity index (χ3v) is 2.67. The minimum absolute atomic E-state index is 0.316. The van der Waals surface area contributed by atoms with Crippen molar-refractivity contribution in [3.8, 4) is 0 Å². The number of carboxylic acids is 1. The van der Waals surface area contributed by atoms with E-state index in [1.165, 1.54) is 12.8 Å². The van der Waals surface area contributed by atoms with Crippen LogP contribution in [-0.4, -0.2) is 11.1 Å². The molecule has 2 heteroatoms. The molecule has 0 atom stereocenters. The Morgan fingerprint density at radius 3 is 2.22 bits per heavy atom. The molecular weight excluding hydrogens is 224 g/mol. The van der Waals surface area contributed by atoms with E-state index in [1.54, 1.807) is 0 Å². The van der Waals surface area contributed by atoms with Crippen LogP contribution in [0, 0.1) is 0 Å². The van der Waals surface area contributed by atoms with E-state index in [1.807, 2.05) is 6.08 Å². The predicted octanol–water partition coefficient (Wildman–Crippen LogP) is 4.88. The zero-order chi connectivity index (χ0) is 13.5. The molecule has 0 aromatic carbocycles. The van der Waals surface area contributed by atoms with Crippen LogP contribution in [0.15, 0.2) is 37.0 Å². The van der Waals surface area contributed by atoms with E-state index in [4.69, 9.17) is 5.11 Å². The van der Waals surface area contributed by atoms with E-state index in [2.05, 4.69) is 30.9 Å². The monoisotopic (exact) mass is 250 g/mol. The van der Waals surface area contributed by atoms with Crippen molar-refractivity contribution >= 4 is 5.97 Å². The Kier molecular flexibility index (Phi) is 12.8. The van der Waals surface area contributed by atoms with E-state index in [0.29, 0.717) is 6.42 Å². The molecule has 2 nitrogen and oxygen atoms in total. The fraction of sp³-hybridized carbons (Fsp3) is 0.562. The third kappa shape index (κ3) is 14.7. The van der Waals surface area contributed by atoms with Gasteiger partial charge in [-0.2, -0.15) is 0 Å². The van der Waals surface area contributed by atoms with Crippen molar-refractivity contribution < 1.29 is 9.90 Å². The Morgan fingerprint density at radius 2 is 1.50 bits per heavy atom. The lowest BCUT2D eigenvalue weighted by Crippen LogP contribution is -1.93. The molecule has 18 heavy (non-hydrogen) atoms. The first-order valence-corrected chi connectivity index (χ1v) is 6.90. The summed E-state index contributed by atoms with van der Waals surface area (Å²) in [7, 11) is 0. The molecule has 0 saturated heterocycles. The summed E-state index contributed by atoms with van der Waals surface area (Å²) >= 11 is 0. The van der Waals surface area contributed by atoms with Crippen LogP contribution >= 0.6 is 0 Å². The number of hydrogen-bond donors (Lipinski definition) is 1. The van der Waals surface area contributed by atoms with Crippen LogP contribution in [0.1, 0.15) is 57.8 Å². The predicted molar refractivity (Wildman–Crippen MR) is 77.7 cm³/mol. The second-order valence-electron chi connectivity index (χ2n) is 4.40. The average Bonchev–Trinajstić information content (AvgIpc) is 2.34. The minimum Gasteiger partial charge on any atom is -0.481 e. The number of hydrogen-bond acceptors (Lipinski definition) is 1. The third-order valence-electron chi connectivity index (χ3n) is 2.67. The molecule has 0 aromatic heterocycles. The summed E-state index contributed by atoms with van der Waals surface area (Å²) in [4.78, 5) is 10.3. The van der Waals surface area contributed by atoms with Gasteiger partial charge in [0.15, 0.2) is 0 Å². The highest BCUT2D eigenvalue weighted by Gasteiger charge is 1.95. The smallest absolute Gasteiger partial charge is 0.303 e. The van der Waals surface area contributed by atoms with Crippen LogP contribution in [0.5, 0.6) is 0 Å². The molecular formula is C16H26O2. The molecule has 102 valence electrons. The van der Waals surface area contributed by atoms with E-state index < -0.39 is 5.97 Å². The second kappa shape index (κ2) is 13.8. The average molecular weight is 250 g/mol. The number of carboxylic acid groups (broad SMARTS) is 1. The highest BCUT2D eigenvalue weighted by molar-refractivity contribution is 5.66. The van der Waals surface area contributed by atoms with Crippen molar-refractivity contribution in [1.82, 2.24) is 0 Å². The van der Waals surface area contributed by atoms with Gasteiger partial charge in [0.25, 0.3) is 0 Å². The number of unbranched alkanes of at least 4 members (excludes halogenated alkanes) is 5. The van der Waals surface area contributed by atoms with Crippen LogP contribution in [0.4, 0.5) is 0 Å². The fourth-order valence-corrected chi connectivity index (χ4v) is 1.65. The first-order chi connectivity index (χ1) is 8.77. The van der Waals surface area contributed by atoms with Crippen molar-refractivity contribution in [3.63, 3.8) is 0 Å². The maximum absolute atomic E-state index is 10.3. The molecule has 0 aliphatic rings. The first-order valence-electron chi connectivity index (χ1n) is 6.90. The van der Waals surface area contributed by atoms with Gasteiger partial charge in [-0.25, -0.2) is 0 Å². The molecule has 0 fully saturated rings. The Hall–Kier alpha value is -1.31. The number of allylic oxidation sites excluding steroid dienone is 5. The molecule has 0 rings (SSSR count). The second-order valence-corrected chi connectivity index (χ2v) is 4.40. The SMILES string of the molecule is C=CCC=CCC=CCCCCCCCC(=O)O. The number of rotatable bonds is 12. The van der Waals surface area contributed by atoms with Crippen molar-refractivity contribution in [2.45, 2.75) is 57.8 Å². The molecule has 1 N–H and O–H groups in total. The quantitative estimate of drug-likeness (QED) is 0.396. The summed E-state index contributed by atoms with van der Waals surface area (Å²) in [5.41, 5.74) is 0. The Balaban J connectivity index is 3.17. The van der Waals surface area contributed by atoms with Crippen molar-refractivity contribution in [2.75, 3.05) is 0 Å². The van der Waals surface area contributed by atoms with E-state index in [9.17, 15) is 4.79 Å². The summed E-state index contributed by atoms with van der Waals surface area (Å²) in [6.07, 6.45) is 19.4. The summed E-state index contributed by atoms with van der Waals surface area (Å²) in [5.74, 6) is -0.678. The van der Waals surface area contributed by atoms with Crippen molar-refractivity contribution in [3.05, 3.63) is 37.0 Å². The van der Waals surface area contributed by atoms with Gasteiger partial charge in [0.1, 0.15) is 0 Å². The maximum atomic E-state index is 10.3. The lowest BCUT2D eigenvalue weighted by Gasteiger charge is -1.98. The maximum Gasteiger partial charge on any atom is 0.303 e. The van der Waals surface area contributed by atoms with Crippen LogP contribution in [0.3, 0.4) is 0 Å². The van der Waals surface area contributed by atoms with Gasteiger partial charge in [0.05, 0.1) is 0 Å². The van der Waals surface area contributed by atoms with Crippen LogP contribution in [0.2, 0.25) is 0 Å². The van der Waals surface area contributed by atoms with E-state index in [0.717, 1.165) is 38.5 Å². The number of aliphatic carboxylic acids is 1. The molecule has 0 bridgehead atoms. The largest absolute Gasteiger partial charge is 0.481 e. The molecule has 0 spiro atoms. The molecule has 0 aliphatic carbocycles. The molecule has 0 aromatic rings. The summed E-state index contributed by atoms with van der Waals surface area (Å²) < 4.78 is 0. The Labute approximate surface area is 111 Å². The van der Waals surface area contributed by atoms with Gasteiger partial charge in [-0.15, -0.1) is 6.58 Å². The van der Waals surface area contributed by atoms with Crippen LogP contribution < -0.4 is 0 Å². The molecule has 0 radical (unpaired) electrons. The summed E-state index contributed by atoms with van der Waals surface area (Å²) in [6, 6.07) is 0. The van der Waals surface area contributed by atoms with Gasteiger partial charge < -0.3 is 5.11 Å². The number of carbonyl (C=O) groups is 1. The van der Waals surface area contributed by atoms with Crippen LogP contribution in [0.25, 0.3) is 0 Å². The van der Waals surface area contributed by atoms with Crippen molar-refractivity contribution in [2.24, 2.45) is 0 Å². The zero-order valence-corrected chi connectivity index (χ0v) is 11.3. The van der Waals surface area contributed by atoms with Gasteiger partial charge in [0.2, 0.25) is 0 Å². The Bertz CT molecular complexity index is 264. The molecule has 0 heterocycles. The van der Waals surface area contributed by atoms with Gasteiger partial charge in [-0.05, 0) is 32.1 Å². The van der Waals surface area contributed by atoms with Gasteiger partial charge in [-0.1, -0.05) is 49.6 Å². The molecule has 0 saturated carbocycles. The van der Waals surface area contributed by atoms with Gasteiger partial charge in [-0.3, -0.25) is 4.79 Å². The van der Waals surface area contributed by atoms with E-state index in [-0.39, 0.29) is 0 Å². The molecule has 0 unspecified atom stereocenters. The lowest BCUT2D eigenvalue weighted by atomic mass is 10.1. The highest BCUT2D eigenvalue weighted by atomic mass is 16.4. The summed E-state index contributed by atoms with van der Waals surface area (Å²) in [6.45, 7) is 3.66. The zero-order valence-electron chi connectivity index (χ0n) is 11.3. The molecule has 0 amide bonds. The normalized spacial score (nSPS) is 11.3. The van der Waals surface area contributed by atoms with Gasteiger partial charge in [0, 0.05) is 6.42 Å². The van der Waals surface area contributed by atoms with Gasteiger partial charge >= 0.3 is 5.97 Å². The van der Waals surface area contributed by atoms with Crippen molar-refractivity contribution in [1.29, 1.82) is 0 Å². The standard InChI is InChI=1S/C16H26O2/c1-2-3-4-5-6-7-8-9-10-11-12-13-14-15-16(17)18/h2,4-5,7-8H,1,3,6,9-15H2,(H,17,18). The highest BCUT2D eigenvalue weighted by Crippen LogP contribution is 2.07. The Morgan fingerprint density at radius 1 is 0.889 bits per heavy atom. The van der Waals surface area contributed by atoms with Crippen LogP contribution in [-0.2, 0) is 4.79 Å². The topological polar surface area (TPSA) is 37.3 Å². The molecule has 0 aliphatic heterocycles. The van der Waals surface area contributed by atoms with E-state index >= 15 is 0 Å². The summed E-state index contributed by atoms with van der Waals surface area (Å²) in [5, 5.41) is 8.47.